The molecule has 0 radical (unpaired) electrons. The highest BCUT2D eigenvalue weighted by molar-refractivity contribution is 7.99. The second kappa shape index (κ2) is 9.05. The molecule has 0 aliphatic carbocycles. The molecule has 2 aromatic heterocycles. The van der Waals surface area contributed by atoms with Gasteiger partial charge in [0, 0.05) is 12.2 Å². The number of aromatic amines is 1. The summed E-state index contributed by atoms with van der Waals surface area (Å²) in [5, 5.41) is 3.87. The number of carbonyl (C=O) groups excluding carboxylic acids is 1. The van der Waals surface area contributed by atoms with Crippen molar-refractivity contribution in [1.29, 1.82) is 0 Å². The second-order valence-corrected chi connectivity index (χ2v) is 8.92. The van der Waals surface area contributed by atoms with Gasteiger partial charge in [-0.3, -0.25) is 14.2 Å². The molecule has 29 heavy (non-hydrogen) atoms. The SMILES string of the molecule is Cc1ccc(NC(=O)CSc2nc3cc(C)[nH]c3c(=O)n2CCC(C)C)c(Cl)c1. The Hall–Kier alpha value is -2.25. The fourth-order valence-electron chi connectivity index (χ4n) is 2.94. The fourth-order valence-corrected chi connectivity index (χ4v) is 4.05. The van der Waals surface area contributed by atoms with Gasteiger partial charge in [0.1, 0.15) is 5.52 Å². The third-order valence-corrected chi connectivity index (χ3v) is 5.79. The first kappa shape index (κ1) is 21.5. The zero-order chi connectivity index (χ0) is 21.1. The molecule has 1 aromatic carbocycles. The van der Waals surface area contributed by atoms with E-state index in [4.69, 9.17) is 11.6 Å². The van der Waals surface area contributed by atoms with Crippen LogP contribution in [-0.4, -0.2) is 26.2 Å². The number of H-pyrrole nitrogens is 1. The Bertz CT molecular complexity index is 1100. The summed E-state index contributed by atoms with van der Waals surface area (Å²) in [7, 11) is 0. The highest BCUT2D eigenvalue weighted by Gasteiger charge is 2.15. The lowest BCUT2D eigenvalue weighted by atomic mass is 10.1. The maximum absolute atomic E-state index is 12.9. The smallest absolute Gasteiger partial charge is 0.278 e. The van der Waals surface area contributed by atoms with Crippen molar-refractivity contribution in [3.8, 4) is 0 Å². The van der Waals surface area contributed by atoms with E-state index in [2.05, 4.69) is 29.1 Å². The van der Waals surface area contributed by atoms with Crippen LogP contribution in [0, 0.1) is 19.8 Å². The predicted molar refractivity (Wildman–Crippen MR) is 120 cm³/mol. The van der Waals surface area contributed by atoms with Gasteiger partial charge >= 0.3 is 0 Å². The summed E-state index contributed by atoms with van der Waals surface area (Å²) in [4.78, 5) is 33.1. The first-order chi connectivity index (χ1) is 13.7. The third kappa shape index (κ3) is 5.22. The molecule has 3 rings (SSSR count). The number of aromatic nitrogens is 3. The molecule has 1 amide bonds. The highest BCUT2D eigenvalue weighted by Crippen LogP contribution is 2.24. The van der Waals surface area contributed by atoms with Crippen molar-refractivity contribution >= 4 is 46.0 Å². The lowest BCUT2D eigenvalue weighted by Gasteiger charge is -2.13. The molecule has 0 saturated heterocycles. The van der Waals surface area contributed by atoms with E-state index in [9.17, 15) is 9.59 Å². The molecule has 6 nitrogen and oxygen atoms in total. The average Bonchev–Trinajstić information content (AvgIpc) is 3.02. The van der Waals surface area contributed by atoms with Crippen LogP contribution >= 0.6 is 23.4 Å². The Morgan fingerprint density at radius 1 is 1.31 bits per heavy atom. The van der Waals surface area contributed by atoms with Crippen molar-refractivity contribution < 1.29 is 4.79 Å². The Morgan fingerprint density at radius 2 is 2.07 bits per heavy atom. The van der Waals surface area contributed by atoms with Crippen LogP contribution in [0.1, 0.15) is 31.5 Å². The second-order valence-electron chi connectivity index (χ2n) is 7.57. The number of benzene rings is 1. The standard InChI is InChI=1S/C21H25ClN4O2S/c1-12(2)7-8-26-20(28)19-17(10-14(4)23-19)25-21(26)29-11-18(27)24-16-6-5-13(3)9-15(16)22/h5-6,9-10,12,23H,7-8,11H2,1-4H3,(H,24,27). The molecular weight excluding hydrogens is 408 g/mol. The molecule has 8 heteroatoms. The molecular formula is C21H25ClN4O2S. The van der Waals surface area contributed by atoms with Crippen molar-refractivity contribution in [2.24, 2.45) is 5.92 Å². The molecule has 0 atom stereocenters. The van der Waals surface area contributed by atoms with Gasteiger partial charge < -0.3 is 10.3 Å². The summed E-state index contributed by atoms with van der Waals surface area (Å²) >= 11 is 7.45. The molecule has 0 bridgehead atoms. The monoisotopic (exact) mass is 432 g/mol. The minimum Gasteiger partial charge on any atom is -0.353 e. The van der Waals surface area contributed by atoms with Crippen molar-refractivity contribution in [2.75, 3.05) is 11.1 Å². The number of amides is 1. The number of anilines is 1. The number of carbonyl (C=O) groups is 1. The zero-order valence-electron chi connectivity index (χ0n) is 17.0. The molecule has 0 saturated carbocycles. The molecule has 0 aliphatic heterocycles. The van der Waals surface area contributed by atoms with Gasteiger partial charge in [-0.05, 0) is 49.9 Å². The summed E-state index contributed by atoms with van der Waals surface area (Å²) in [5.74, 6) is 0.385. The first-order valence-electron chi connectivity index (χ1n) is 9.53. The Morgan fingerprint density at radius 3 is 2.76 bits per heavy atom. The minimum absolute atomic E-state index is 0.103. The number of fused-ring (bicyclic) bond motifs is 1. The van der Waals surface area contributed by atoms with Gasteiger partial charge in [0.15, 0.2) is 5.16 Å². The number of halogens is 1. The van der Waals surface area contributed by atoms with Gasteiger partial charge in [0.25, 0.3) is 5.56 Å². The van der Waals surface area contributed by atoms with Crippen molar-refractivity contribution in [3.63, 3.8) is 0 Å². The van der Waals surface area contributed by atoms with E-state index in [0.29, 0.717) is 39.4 Å². The van der Waals surface area contributed by atoms with Crippen LogP contribution in [-0.2, 0) is 11.3 Å². The summed E-state index contributed by atoms with van der Waals surface area (Å²) in [5.41, 5.74) is 3.51. The summed E-state index contributed by atoms with van der Waals surface area (Å²) in [6.07, 6.45) is 0.853. The lowest BCUT2D eigenvalue weighted by molar-refractivity contribution is -0.113. The molecule has 154 valence electrons. The van der Waals surface area contributed by atoms with E-state index in [0.717, 1.165) is 17.7 Å². The van der Waals surface area contributed by atoms with E-state index in [-0.39, 0.29) is 17.2 Å². The maximum atomic E-state index is 12.9. The van der Waals surface area contributed by atoms with Crippen LogP contribution in [0.2, 0.25) is 5.02 Å². The van der Waals surface area contributed by atoms with Crippen LogP contribution < -0.4 is 10.9 Å². The van der Waals surface area contributed by atoms with Gasteiger partial charge in [0.2, 0.25) is 5.91 Å². The topological polar surface area (TPSA) is 79.8 Å². The number of thioether (sulfide) groups is 1. The number of aryl methyl sites for hydroxylation is 2. The number of nitrogens with one attached hydrogen (secondary N) is 2. The fraction of sp³-hybridized carbons (Fsp3) is 0.381. The van der Waals surface area contributed by atoms with Gasteiger partial charge in [-0.2, -0.15) is 0 Å². The van der Waals surface area contributed by atoms with Gasteiger partial charge in [-0.1, -0.05) is 43.3 Å². The zero-order valence-corrected chi connectivity index (χ0v) is 18.6. The van der Waals surface area contributed by atoms with Crippen LogP contribution in [0.25, 0.3) is 11.0 Å². The van der Waals surface area contributed by atoms with Crippen molar-refractivity contribution in [1.82, 2.24) is 14.5 Å². The summed E-state index contributed by atoms with van der Waals surface area (Å²) in [6, 6.07) is 7.32. The molecule has 3 aromatic rings. The molecule has 2 N–H and O–H groups in total. The average molecular weight is 433 g/mol. The van der Waals surface area contributed by atoms with Gasteiger partial charge in [-0.15, -0.1) is 0 Å². The number of nitrogens with zero attached hydrogens (tertiary/aromatic N) is 2. The van der Waals surface area contributed by atoms with E-state index < -0.39 is 0 Å². The maximum Gasteiger partial charge on any atom is 0.278 e. The van der Waals surface area contributed by atoms with Gasteiger partial charge in [0.05, 0.1) is 22.0 Å². The number of hydrogen-bond acceptors (Lipinski definition) is 4. The molecule has 0 spiro atoms. The van der Waals surface area contributed by atoms with Crippen LogP contribution in [0.15, 0.2) is 34.2 Å². The quantitative estimate of drug-likeness (QED) is 0.416. The summed E-state index contributed by atoms with van der Waals surface area (Å²) in [6.45, 7) is 8.62. The number of hydrogen-bond donors (Lipinski definition) is 2. The van der Waals surface area contributed by atoms with E-state index in [1.54, 1.807) is 16.7 Å². The largest absolute Gasteiger partial charge is 0.353 e. The summed E-state index contributed by atoms with van der Waals surface area (Å²) < 4.78 is 1.66. The van der Waals surface area contributed by atoms with E-state index >= 15 is 0 Å². The molecule has 0 fully saturated rings. The Labute approximate surface area is 179 Å². The van der Waals surface area contributed by atoms with Crippen molar-refractivity contribution in [3.05, 3.63) is 50.9 Å². The normalized spacial score (nSPS) is 11.4. The van der Waals surface area contributed by atoms with E-state index in [1.807, 2.05) is 26.0 Å². The van der Waals surface area contributed by atoms with Crippen LogP contribution in [0.4, 0.5) is 5.69 Å². The van der Waals surface area contributed by atoms with Crippen LogP contribution in [0.5, 0.6) is 0 Å². The Kier molecular flexibility index (Phi) is 6.70. The molecule has 2 heterocycles. The Balaban J connectivity index is 1.81. The van der Waals surface area contributed by atoms with Gasteiger partial charge in [-0.25, -0.2) is 4.98 Å². The highest BCUT2D eigenvalue weighted by atomic mass is 35.5. The molecule has 0 aliphatic rings. The predicted octanol–water partition coefficient (Wildman–Crippen LogP) is 4.77. The lowest BCUT2D eigenvalue weighted by Crippen LogP contribution is -2.25. The number of rotatable bonds is 7. The minimum atomic E-state index is -0.198. The van der Waals surface area contributed by atoms with Crippen molar-refractivity contribution in [2.45, 2.75) is 45.8 Å². The van der Waals surface area contributed by atoms with Crippen LogP contribution in [0.3, 0.4) is 0 Å². The molecule has 0 unspecified atom stereocenters. The third-order valence-electron chi connectivity index (χ3n) is 4.50. The van der Waals surface area contributed by atoms with E-state index in [1.165, 1.54) is 11.8 Å². The first-order valence-corrected chi connectivity index (χ1v) is 10.9.